The number of ether oxygens (including phenoxy) is 2. The number of hydrogen-bond donors (Lipinski definition) is 1. The maximum absolute atomic E-state index is 12.1. The van der Waals surface area contributed by atoms with Gasteiger partial charge >= 0.3 is 5.97 Å². The molecule has 1 fully saturated rings. The molecule has 20 heavy (non-hydrogen) atoms. The van der Waals surface area contributed by atoms with Crippen LogP contribution in [0.2, 0.25) is 0 Å². The molecule has 0 radical (unpaired) electrons. The van der Waals surface area contributed by atoms with Gasteiger partial charge in [0, 0.05) is 13.2 Å². The summed E-state index contributed by atoms with van der Waals surface area (Å²) in [7, 11) is 0. The van der Waals surface area contributed by atoms with Gasteiger partial charge in [0.25, 0.3) is 0 Å². The van der Waals surface area contributed by atoms with Gasteiger partial charge in [-0.25, -0.2) is 4.79 Å². The molecule has 0 spiro atoms. The Morgan fingerprint density at radius 1 is 1.45 bits per heavy atom. The van der Waals surface area contributed by atoms with Crippen molar-refractivity contribution in [2.75, 3.05) is 26.4 Å². The maximum Gasteiger partial charge on any atom is 0.327 e. The first-order chi connectivity index (χ1) is 9.81. The van der Waals surface area contributed by atoms with Gasteiger partial charge in [-0.05, 0) is 37.8 Å². The van der Waals surface area contributed by atoms with Gasteiger partial charge < -0.3 is 14.8 Å². The van der Waals surface area contributed by atoms with Crippen molar-refractivity contribution in [3.05, 3.63) is 35.9 Å². The van der Waals surface area contributed by atoms with E-state index in [1.54, 1.807) is 0 Å². The second-order valence-electron chi connectivity index (χ2n) is 5.07. The first-order valence-electron chi connectivity index (χ1n) is 7.34. The highest BCUT2D eigenvalue weighted by Gasteiger charge is 2.22. The molecule has 0 aliphatic carbocycles. The van der Waals surface area contributed by atoms with E-state index >= 15 is 0 Å². The molecule has 1 aliphatic rings. The molecule has 4 nitrogen and oxygen atoms in total. The van der Waals surface area contributed by atoms with Crippen molar-refractivity contribution in [1.29, 1.82) is 0 Å². The van der Waals surface area contributed by atoms with Crippen LogP contribution in [-0.2, 0) is 14.3 Å². The Morgan fingerprint density at radius 2 is 2.25 bits per heavy atom. The van der Waals surface area contributed by atoms with E-state index in [1.165, 1.54) is 0 Å². The Labute approximate surface area is 120 Å². The first kappa shape index (κ1) is 15.0. The molecule has 1 saturated heterocycles. The minimum atomic E-state index is -0.376. The molecule has 4 heteroatoms. The number of nitrogens with one attached hydrogen (secondary N) is 1. The van der Waals surface area contributed by atoms with Crippen LogP contribution in [-0.4, -0.2) is 32.3 Å². The summed E-state index contributed by atoms with van der Waals surface area (Å²) in [6.45, 7) is 4.74. The molecular weight excluding hydrogens is 254 g/mol. The van der Waals surface area contributed by atoms with E-state index in [9.17, 15) is 4.79 Å². The third-order valence-corrected chi connectivity index (χ3v) is 3.58. The third kappa shape index (κ3) is 4.32. The molecular formula is C16H23NO3. The van der Waals surface area contributed by atoms with Gasteiger partial charge in [0.2, 0.25) is 0 Å². The number of carbonyl (C=O) groups is 1. The molecule has 0 aromatic heterocycles. The van der Waals surface area contributed by atoms with Crippen molar-refractivity contribution in [1.82, 2.24) is 5.32 Å². The largest absolute Gasteiger partial charge is 0.465 e. The molecule has 1 N–H and O–H groups in total. The van der Waals surface area contributed by atoms with Crippen molar-refractivity contribution in [2.45, 2.75) is 25.8 Å². The van der Waals surface area contributed by atoms with E-state index in [0.29, 0.717) is 12.5 Å². The van der Waals surface area contributed by atoms with E-state index in [0.717, 1.165) is 38.2 Å². The average molecular weight is 277 g/mol. The molecule has 1 aliphatic heterocycles. The quantitative estimate of drug-likeness (QED) is 0.777. The van der Waals surface area contributed by atoms with Gasteiger partial charge in [-0.3, -0.25) is 0 Å². The van der Waals surface area contributed by atoms with Crippen molar-refractivity contribution in [2.24, 2.45) is 5.92 Å². The van der Waals surface area contributed by atoms with Crippen molar-refractivity contribution in [3.63, 3.8) is 0 Å². The fourth-order valence-electron chi connectivity index (χ4n) is 2.45. The zero-order chi connectivity index (χ0) is 14.2. The fourth-order valence-corrected chi connectivity index (χ4v) is 2.45. The van der Waals surface area contributed by atoms with Gasteiger partial charge in [0.1, 0.15) is 6.04 Å². The molecule has 2 unspecified atom stereocenters. The zero-order valence-electron chi connectivity index (χ0n) is 12.0. The average Bonchev–Trinajstić information content (AvgIpc) is 2.98. The summed E-state index contributed by atoms with van der Waals surface area (Å²) in [5.41, 5.74) is 0.952. The van der Waals surface area contributed by atoms with E-state index in [1.807, 2.05) is 37.3 Å². The number of carbonyl (C=O) groups excluding carboxylic acids is 1. The lowest BCUT2D eigenvalue weighted by molar-refractivity contribution is -0.145. The van der Waals surface area contributed by atoms with Crippen LogP contribution in [0.15, 0.2) is 30.3 Å². The van der Waals surface area contributed by atoms with Gasteiger partial charge in [-0.15, -0.1) is 0 Å². The van der Waals surface area contributed by atoms with Crippen LogP contribution in [0.5, 0.6) is 0 Å². The summed E-state index contributed by atoms with van der Waals surface area (Å²) < 4.78 is 10.5. The Kier molecular flexibility index (Phi) is 6.02. The van der Waals surface area contributed by atoms with Gasteiger partial charge in [-0.2, -0.15) is 0 Å². The van der Waals surface area contributed by atoms with Crippen molar-refractivity contribution < 1.29 is 14.3 Å². The second-order valence-corrected chi connectivity index (χ2v) is 5.07. The van der Waals surface area contributed by atoms with Gasteiger partial charge in [0.15, 0.2) is 0 Å². The number of benzene rings is 1. The summed E-state index contributed by atoms with van der Waals surface area (Å²) >= 11 is 0. The topological polar surface area (TPSA) is 47.6 Å². The van der Waals surface area contributed by atoms with Crippen LogP contribution < -0.4 is 5.32 Å². The smallest absolute Gasteiger partial charge is 0.327 e. The Morgan fingerprint density at radius 3 is 2.90 bits per heavy atom. The van der Waals surface area contributed by atoms with Crippen molar-refractivity contribution in [3.8, 4) is 0 Å². The van der Waals surface area contributed by atoms with Crippen LogP contribution in [0.4, 0.5) is 0 Å². The van der Waals surface area contributed by atoms with Crippen molar-refractivity contribution >= 4 is 5.97 Å². The summed E-state index contributed by atoms with van der Waals surface area (Å²) in [6, 6.07) is 9.35. The highest BCUT2D eigenvalue weighted by Crippen LogP contribution is 2.18. The van der Waals surface area contributed by atoms with Gasteiger partial charge in [0.05, 0.1) is 6.61 Å². The number of esters is 1. The highest BCUT2D eigenvalue weighted by atomic mass is 16.5. The molecule has 110 valence electrons. The van der Waals surface area contributed by atoms with Crippen LogP contribution in [0.1, 0.15) is 31.4 Å². The second kappa shape index (κ2) is 8.02. The molecule has 2 rings (SSSR count). The van der Waals surface area contributed by atoms with Crippen LogP contribution in [0.25, 0.3) is 0 Å². The third-order valence-electron chi connectivity index (χ3n) is 3.58. The van der Waals surface area contributed by atoms with E-state index in [2.05, 4.69) is 5.32 Å². The number of hydrogen-bond acceptors (Lipinski definition) is 4. The monoisotopic (exact) mass is 277 g/mol. The van der Waals surface area contributed by atoms with Crippen LogP contribution in [0, 0.1) is 5.92 Å². The predicted octanol–water partition coefficient (Wildman–Crippen LogP) is 2.31. The maximum atomic E-state index is 12.1. The Balaban J connectivity index is 1.90. The predicted molar refractivity (Wildman–Crippen MR) is 77.4 cm³/mol. The Bertz CT molecular complexity index is 401. The molecule has 0 saturated carbocycles. The molecule has 1 aromatic carbocycles. The molecule has 0 amide bonds. The van der Waals surface area contributed by atoms with E-state index < -0.39 is 0 Å². The highest BCUT2D eigenvalue weighted by molar-refractivity contribution is 5.77. The molecule has 0 bridgehead atoms. The van der Waals surface area contributed by atoms with E-state index in [4.69, 9.17) is 9.47 Å². The molecule has 1 heterocycles. The first-order valence-corrected chi connectivity index (χ1v) is 7.34. The lowest BCUT2D eigenvalue weighted by atomic mass is 10.0. The minimum absolute atomic E-state index is 0.207. The lowest BCUT2D eigenvalue weighted by Crippen LogP contribution is -2.31. The van der Waals surface area contributed by atoms with Crippen LogP contribution in [0.3, 0.4) is 0 Å². The van der Waals surface area contributed by atoms with E-state index in [-0.39, 0.29) is 12.0 Å². The normalized spacial score (nSPS) is 19.8. The minimum Gasteiger partial charge on any atom is -0.465 e. The molecule has 2 atom stereocenters. The molecule has 1 aromatic rings. The summed E-state index contributed by atoms with van der Waals surface area (Å²) in [5, 5.41) is 3.32. The van der Waals surface area contributed by atoms with Gasteiger partial charge in [-0.1, -0.05) is 30.3 Å². The zero-order valence-corrected chi connectivity index (χ0v) is 12.0. The van der Waals surface area contributed by atoms with Crippen LogP contribution >= 0.6 is 0 Å². The fraction of sp³-hybridized carbons (Fsp3) is 0.562. The standard InChI is InChI=1S/C16H23NO3/c1-2-20-16(18)15(14-6-4-3-5-7-14)17-10-8-13-9-11-19-12-13/h3-7,13,15,17H,2,8-12H2,1H3. The summed E-state index contributed by atoms with van der Waals surface area (Å²) in [4.78, 5) is 12.1. The Hall–Kier alpha value is -1.39. The lowest BCUT2D eigenvalue weighted by Gasteiger charge is -2.18. The summed E-state index contributed by atoms with van der Waals surface area (Å²) in [5.74, 6) is 0.405. The summed E-state index contributed by atoms with van der Waals surface area (Å²) in [6.07, 6.45) is 2.15. The number of rotatable bonds is 7. The SMILES string of the molecule is CCOC(=O)C(NCCC1CCOC1)c1ccccc1.